The smallest absolute Gasteiger partial charge is 0.462 e. The molecule has 0 aromatic carbocycles. The minimum absolute atomic E-state index is 0.101. The molecule has 0 aliphatic heterocycles. The van der Waals surface area contributed by atoms with Gasteiger partial charge in [-0.05, 0) is 49.4 Å². The average Bonchev–Trinajstić information content (AvgIpc) is 3.69. The summed E-state index contributed by atoms with van der Waals surface area (Å²) in [6.07, 6.45) is 37.7. The van der Waals surface area contributed by atoms with Gasteiger partial charge >= 0.3 is 39.5 Å². The molecule has 0 heterocycles. The Labute approximate surface area is 524 Å². The number of carbonyl (C=O) groups is 4. The van der Waals surface area contributed by atoms with E-state index in [1.807, 2.05) is 0 Å². The van der Waals surface area contributed by atoms with E-state index in [2.05, 4.69) is 55.4 Å². The maximum atomic E-state index is 13.0. The van der Waals surface area contributed by atoms with Crippen LogP contribution in [0.2, 0.25) is 0 Å². The lowest BCUT2D eigenvalue weighted by atomic mass is 9.99. The molecule has 0 bridgehead atoms. The molecule has 0 aliphatic rings. The molecule has 0 rings (SSSR count). The van der Waals surface area contributed by atoms with Crippen molar-refractivity contribution in [2.45, 2.75) is 343 Å². The highest BCUT2D eigenvalue weighted by Crippen LogP contribution is 2.45. The first-order valence-electron chi connectivity index (χ1n) is 34.8. The van der Waals surface area contributed by atoms with Crippen LogP contribution in [0.4, 0.5) is 0 Å². The van der Waals surface area contributed by atoms with Gasteiger partial charge in [0.15, 0.2) is 12.2 Å². The molecule has 0 radical (unpaired) electrons. The minimum atomic E-state index is -4.95. The molecule has 0 saturated carbocycles. The highest BCUT2D eigenvalue weighted by Gasteiger charge is 2.30. The summed E-state index contributed by atoms with van der Waals surface area (Å²) in [6, 6.07) is 0. The number of rotatable bonds is 64. The van der Waals surface area contributed by atoms with E-state index in [0.29, 0.717) is 31.6 Å². The van der Waals surface area contributed by atoms with Crippen LogP contribution in [0, 0.1) is 23.7 Å². The Morgan fingerprint density at radius 3 is 0.826 bits per heavy atom. The number of esters is 4. The van der Waals surface area contributed by atoms with E-state index in [0.717, 1.165) is 114 Å². The summed E-state index contributed by atoms with van der Waals surface area (Å²) in [5.41, 5.74) is 0. The highest BCUT2D eigenvalue weighted by atomic mass is 31.2. The average molecular weight is 1270 g/mol. The Hall–Kier alpha value is -1.94. The maximum Gasteiger partial charge on any atom is 0.472 e. The van der Waals surface area contributed by atoms with Crippen LogP contribution in [0.3, 0.4) is 0 Å². The van der Waals surface area contributed by atoms with E-state index in [1.54, 1.807) is 0 Å². The Bertz CT molecular complexity index is 1720. The molecule has 0 aliphatic carbocycles. The number of phosphoric ester groups is 2. The predicted molar refractivity (Wildman–Crippen MR) is 344 cm³/mol. The number of aliphatic hydroxyl groups excluding tert-OH is 1. The lowest BCUT2D eigenvalue weighted by Gasteiger charge is -2.21. The van der Waals surface area contributed by atoms with Crippen molar-refractivity contribution in [3.05, 3.63) is 0 Å². The Morgan fingerprint density at radius 1 is 0.326 bits per heavy atom. The standard InChI is InChI=1S/C67H130O17P2/c1-9-59(7)45-37-29-20-17-18-21-31-39-47-64(69)77-53-62(83-66(71)49-41-33-22-16-14-12-11-13-15-19-27-35-43-57(3)4)55-81-85(73,74)79-51-61(68)52-80-86(75,76)82-56-63(54-78-65(70)48-40-32-25-23-28-36-44-58(5)6)84-67(72)50-42-34-26-24-30-38-46-60(8)10-2/h57-63,68H,9-56H2,1-8H3,(H,73,74)(H,75,76)/t59?,60?,61-,62-,63-/m1/s1. The van der Waals surface area contributed by atoms with Gasteiger partial charge in [0.2, 0.25) is 0 Å². The number of hydrogen-bond acceptors (Lipinski definition) is 15. The zero-order valence-corrected chi connectivity index (χ0v) is 57.7. The molecule has 3 N–H and O–H groups in total. The third-order valence-electron chi connectivity index (χ3n) is 16.0. The van der Waals surface area contributed by atoms with Crippen molar-refractivity contribution < 1.29 is 80.2 Å². The van der Waals surface area contributed by atoms with E-state index < -0.39 is 97.5 Å². The van der Waals surface area contributed by atoms with Gasteiger partial charge in [0.1, 0.15) is 19.3 Å². The number of ether oxygens (including phenoxy) is 4. The van der Waals surface area contributed by atoms with Crippen LogP contribution in [0.5, 0.6) is 0 Å². The Balaban J connectivity index is 5.26. The van der Waals surface area contributed by atoms with Gasteiger partial charge in [-0.3, -0.25) is 37.3 Å². The van der Waals surface area contributed by atoms with Gasteiger partial charge < -0.3 is 33.8 Å². The molecule has 510 valence electrons. The van der Waals surface area contributed by atoms with Crippen LogP contribution >= 0.6 is 15.6 Å². The molecule has 4 unspecified atom stereocenters. The van der Waals surface area contributed by atoms with Crippen molar-refractivity contribution in [2.75, 3.05) is 39.6 Å². The second-order valence-electron chi connectivity index (χ2n) is 25.6. The molecule has 19 heteroatoms. The molecule has 0 aromatic rings. The first-order valence-corrected chi connectivity index (χ1v) is 37.8. The highest BCUT2D eigenvalue weighted by molar-refractivity contribution is 7.47. The van der Waals surface area contributed by atoms with Gasteiger partial charge in [0.25, 0.3) is 0 Å². The van der Waals surface area contributed by atoms with Gasteiger partial charge in [0.05, 0.1) is 26.4 Å². The van der Waals surface area contributed by atoms with Crippen molar-refractivity contribution >= 4 is 39.5 Å². The topological polar surface area (TPSA) is 237 Å². The van der Waals surface area contributed by atoms with Crippen molar-refractivity contribution in [1.82, 2.24) is 0 Å². The van der Waals surface area contributed by atoms with Crippen molar-refractivity contribution in [3.63, 3.8) is 0 Å². The zero-order chi connectivity index (χ0) is 63.9. The summed E-state index contributed by atoms with van der Waals surface area (Å²) in [6.45, 7) is 14.0. The molecule has 0 spiro atoms. The molecule has 0 fully saturated rings. The fourth-order valence-corrected chi connectivity index (χ4v) is 11.5. The van der Waals surface area contributed by atoms with E-state index in [4.69, 9.17) is 37.0 Å². The van der Waals surface area contributed by atoms with E-state index in [1.165, 1.54) is 122 Å². The lowest BCUT2D eigenvalue weighted by Crippen LogP contribution is -2.30. The van der Waals surface area contributed by atoms with Crippen LogP contribution in [-0.2, 0) is 65.4 Å². The normalized spacial score (nSPS) is 15.0. The Morgan fingerprint density at radius 2 is 0.558 bits per heavy atom. The summed E-state index contributed by atoms with van der Waals surface area (Å²) >= 11 is 0. The second kappa shape index (κ2) is 57.0. The van der Waals surface area contributed by atoms with Gasteiger partial charge in [0, 0.05) is 25.7 Å². The molecule has 0 amide bonds. The van der Waals surface area contributed by atoms with Gasteiger partial charge in [-0.15, -0.1) is 0 Å². The van der Waals surface area contributed by atoms with Crippen molar-refractivity contribution in [1.29, 1.82) is 0 Å². The van der Waals surface area contributed by atoms with Crippen LogP contribution in [-0.4, -0.2) is 96.7 Å². The molecule has 0 aromatic heterocycles. The van der Waals surface area contributed by atoms with Crippen LogP contribution in [0.25, 0.3) is 0 Å². The molecular weight excluding hydrogens is 1140 g/mol. The number of aliphatic hydroxyl groups is 1. The molecular formula is C67H130O17P2. The van der Waals surface area contributed by atoms with Crippen molar-refractivity contribution in [2.24, 2.45) is 23.7 Å². The predicted octanol–water partition coefficient (Wildman–Crippen LogP) is 18.5. The third-order valence-corrected chi connectivity index (χ3v) is 17.9. The lowest BCUT2D eigenvalue weighted by molar-refractivity contribution is -0.161. The van der Waals surface area contributed by atoms with E-state index in [9.17, 15) is 43.2 Å². The van der Waals surface area contributed by atoms with Gasteiger partial charge in [-0.1, -0.05) is 274 Å². The fourth-order valence-electron chi connectivity index (χ4n) is 9.89. The van der Waals surface area contributed by atoms with Crippen LogP contribution in [0.15, 0.2) is 0 Å². The summed E-state index contributed by atoms with van der Waals surface area (Å²) in [5, 5.41) is 10.6. The molecule has 86 heavy (non-hydrogen) atoms. The SMILES string of the molecule is CCC(C)CCCCCCCCCCC(=O)OC[C@H](COP(=O)(O)OC[C@@H](O)COP(=O)(O)OC[C@@H](COC(=O)CCCCCCCCC(C)C)OC(=O)CCCCCCCCC(C)CC)OC(=O)CCCCCCCCCCCCCCC(C)C. The number of carbonyl (C=O) groups excluding carboxylic acids is 4. The van der Waals surface area contributed by atoms with Crippen LogP contribution in [0.1, 0.15) is 325 Å². The third kappa shape index (κ3) is 58.4. The molecule has 0 saturated heterocycles. The zero-order valence-electron chi connectivity index (χ0n) is 55.9. The monoisotopic (exact) mass is 1270 g/mol. The summed E-state index contributed by atoms with van der Waals surface area (Å²) in [4.78, 5) is 72.3. The minimum Gasteiger partial charge on any atom is -0.462 e. The van der Waals surface area contributed by atoms with E-state index >= 15 is 0 Å². The number of hydrogen-bond donors (Lipinski definition) is 3. The number of unbranched alkanes of at least 4 members (excludes halogenated alkanes) is 28. The number of phosphoric acid groups is 2. The molecule has 17 nitrogen and oxygen atoms in total. The first-order chi connectivity index (χ1) is 41.2. The largest absolute Gasteiger partial charge is 0.472 e. The Kier molecular flexibility index (Phi) is 55.7. The van der Waals surface area contributed by atoms with Crippen molar-refractivity contribution in [3.8, 4) is 0 Å². The van der Waals surface area contributed by atoms with E-state index in [-0.39, 0.29) is 25.7 Å². The second-order valence-corrected chi connectivity index (χ2v) is 28.6. The van der Waals surface area contributed by atoms with Gasteiger partial charge in [-0.25, -0.2) is 9.13 Å². The summed E-state index contributed by atoms with van der Waals surface area (Å²) in [7, 11) is -9.90. The first kappa shape index (κ1) is 84.1. The van der Waals surface area contributed by atoms with Gasteiger partial charge in [-0.2, -0.15) is 0 Å². The molecule has 7 atom stereocenters. The quantitative estimate of drug-likeness (QED) is 0.0222. The summed E-state index contributed by atoms with van der Waals surface area (Å²) < 4.78 is 68.1. The fraction of sp³-hybridized carbons (Fsp3) is 0.940. The van der Waals surface area contributed by atoms with Crippen LogP contribution < -0.4 is 0 Å². The summed E-state index contributed by atoms with van der Waals surface area (Å²) in [5.74, 6) is 0.816. The maximum absolute atomic E-state index is 13.0.